The molecule has 1 rings (SSSR count). The lowest BCUT2D eigenvalue weighted by molar-refractivity contribution is -0.108. The summed E-state index contributed by atoms with van der Waals surface area (Å²) in [6.45, 7) is 20.0. The molecule has 23 heavy (non-hydrogen) atoms. The van der Waals surface area contributed by atoms with Gasteiger partial charge in [0.2, 0.25) is 0 Å². The van der Waals surface area contributed by atoms with E-state index in [9.17, 15) is 9.59 Å². The molecule has 1 fully saturated rings. The van der Waals surface area contributed by atoms with Gasteiger partial charge in [-0.25, -0.2) is 4.79 Å². The first kappa shape index (κ1) is 19.9. The monoisotopic (exact) mass is 341 g/mol. The second-order valence-electron chi connectivity index (χ2n) is 8.58. The van der Waals surface area contributed by atoms with Gasteiger partial charge in [-0.2, -0.15) is 0 Å². The van der Waals surface area contributed by atoms with Crippen molar-refractivity contribution in [3.8, 4) is 0 Å². The standard InChI is InChI=1S/C17H31NO4Si/c1-10-13(22-23(8,9)17(5,6)7)14-12(11-19)18(14)15(20)21-16(2,3)4/h10-14H,1H2,2-9H3/t12-,13-,14-,18?/m0/s1. The van der Waals surface area contributed by atoms with Gasteiger partial charge in [-0.3, -0.25) is 4.90 Å². The average Bonchev–Trinajstić information content (AvgIpc) is 3.06. The number of carbonyl (C=O) groups excluding carboxylic acids is 2. The number of amides is 1. The Morgan fingerprint density at radius 3 is 2.09 bits per heavy atom. The number of hydrogen-bond donors (Lipinski definition) is 0. The Morgan fingerprint density at radius 1 is 1.22 bits per heavy atom. The maximum Gasteiger partial charge on any atom is 0.411 e. The van der Waals surface area contributed by atoms with Crippen LogP contribution in [0.1, 0.15) is 41.5 Å². The van der Waals surface area contributed by atoms with Crippen molar-refractivity contribution in [2.75, 3.05) is 0 Å². The van der Waals surface area contributed by atoms with E-state index in [1.807, 2.05) is 0 Å². The maximum atomic E-state index is 12.2. The number of aldehydes is 1. The minimum Gasteiger partial charge on any atom is -0.444 e. The van der Waals surface area contributed by atoms with Gasteiger partial charge in [0.1, 0.15) is 17.9 Å². The lowest BCUT2D eigenvalue weighted by atomic mass is 10.2. The molecular formula is C17H31NO4Si. The summed E-state index contributed by atoms with van der Waals surface area (Å²) in [6.07, 6.45) is 1.62. The molecule has 0 spiro atoms. The van der Waals surface area contributed by atoms with Crippen molar-refractivity contribution in [2.24, 2.45) is 0 Å². The predicted molar refractivity (Wildman–Crippen MR) is 94.0 cm³/mol. The van der Waals surface area contributed by atoms with Crippen molar-refractivity contribution in [2.45, 2.75) is 83.5 Å². The van der Waals surface area contributed by atoms with E-state index in [1.165, 1.54) is 4.90 Å². The Balaban J connectivity index is 2.88. The number of hydrogen-bond acceptors (Lipinski definition) is 4. The van der Waals surface area contributed by atoms with Gasteiger partial charge in [-0.1, -0.05) is 26.8 Å². The third-order valence-corrected chi connectivity index (χ3v) is 8.93. The van der Waals surface area contributed by atoms with E-state index in [0.29, 0.717) is 0 Å². The van der Waals surface area contributed by atoms with Crippen LogP contribution in [-0.2, 0) is 14.0 Å². The summed E-state index contributed by atoms with van der Waals surface area (Å²) in [6, 6.07) is -0.827. The van der Waals surface area contributed by atoms with Crippen molar-refractivity contribution in [3.05, 3.63) is 12.7 Å². The third-order valence-electron chi connectivity index (χ3n) is 4.45. The number of nitrogens with zero attached hydrogens (tertiary/aromatic N) is 1. The molecule has 1 aliphatic rings. The van der Waals surface area contributed by atoms with Crippen LogP contribution in [-0.4, -0.2) is 49.4 Å². The fraction of sp³-hybridized carbons (Fsp3) is 0.765. The van der Waals surface area contributed by atoms with Crippen molar-refractivity contribution in [1.82, 2.24) is 4.90 Å². The summed E-state index contributed by atoms with van der Waals surface area (Å²) in [7, 11) is -2.03. The highest BCUT2D eigenvalue weighted by molar-refractivity contribution is 6.74. The Bertz CT molecular complexity index is 476. The molecule has 0 unspecified atom stereocenters. The van der Waals surface area contributed by atoms with Crippen LogP contribution in [0.2, 0.25) is 18.1 Å². The van der Waals surface area contributed by atoms with E-state index in [4.69, 9.17) is 9.16 Å². The third kappa shape index (κ3) is 4.67. The molecule has 6 heteroatoms. The maximum absolute atomic E-state index is 12.2. The highest BCUT2D eigenvalue weighted by atomic mass is 28.4. The largest absolute Gasteiger partial charge is 0.444 e. The van der Waals surface area contributed by atoms with Gasteiger partial charge in [0.05, 0.1) is 12.1 Å². The summed E-state index contributed by atoms with van der Waals surface area (Å²) < 4.78 is 11.7. The van der Waals surface area contributed by atoms with Gasteiger partial charge < -0.3 is 14.0 Å². The fourth-order valence-corrected chi connectivity index (χ4v) is 3.37. The zero-order valence-corrected chi connectivity index (χ0v) is 16.7. The quantitative estimate of drug-likeness (QED) is 0.331. The van der Waals surface area contributed by atoms with E-state index in [-0.39, 0.29) is 17.2 Å². The van der Waals surface area contributed by atoms with Crippen molar-refractivity contribution in [1.29, 1.82) is 0 Å². The minimum atomic E-state index is -2.03. The van der Waals surface area contributed by atoms with Crippen LogP contribution in [0.5, 0.6) is 0 Å². The zero-order valence-electron chi connectivity index (χ0n) is 15.7. The Hall–Kier alpha value is -1.14. The van der Waals surface area contributed by atoms with Crippen LogP contribution < -0.4 is 0 Å². The normalized spacial score (nSPS) is 23.2. The van der Waals surface area contributed by atoms with Crippen LogP contribution in [0.15, 0.2) is 12.7 Å². The van der Waals surface area contributed by atoms with Gasteiger partial charge in [0.25, 0.3) is 0 Å². The summed E-state index contributed by atoms with van der Waals surface area (Å²) in [5, 5.41) is 0.0383. The number of rotatable bonds is 5. The second-order valence-corrected chi connectivity index (χ2v) is 13.3. The fourth-order valence-electron chi connectivity index (χ4n) is 2.10. The van der Waals surface area contributed by atoms with E-state index in [0.717, 1.165) is 6.29 Å². The molecule has 1 heterocycles. The van der Waals surface area contributed by atoms with Gasteiger partial charge in [0.15, 0.2) is 8.32 Å². The first-order valence-corrected chi connectivity index (χ1v) is 10.9. The van der Waals surface area contributed by atoms with Crippen LogP contribution in [0.3, 0.4) is 0 Å². The molecule has 0 radical (unpaired) electrons. The van der Waals surface area contributed by atoms with Crippen LogP contribution in [0.25, 0.3) is 0 Å². The molecule has 0 aromatic carbocycles. The van der Waals surface area contributed by atoms with E-state index in [2.05, 4.69) is 40.4 Å². The van der Waals surface area contributed by atoms with E-state index >= 15 is 0 Å². The Morgan fingerprint density at radius 2 is 1.74 bits per heavy atom. The molecule has 0 N–H and O–H groups in total. The molecule has 1 saturated heterocycles. The minimum absolute atomic E-state index is 0.0383. The van der Waals surface area contributed by atoms with Gasteiger partial charge >= 0.3 is 6.09 Å². The molecule has 0 aromatic rings. The van der Waals surface area contributed by atoms with Gasteiger partial charge in [-0.15, -0.1) is 6.58 Å². The summed E-state index contributed by atoms with van der Waals surface area (Å²) in [4.78, 5) is 25.0. The molecular weight excluding hydrogens is 310 g/mol. The van der Waals surface area contributed by atoms with Crippen molar-refractivity contribution in [3.63, 3.8) is 0 Å². The topological polar surface area (TPSA) is 55.6 Å². The van der Waals surface area contributed by atoms with Gasteiger partial charge in [-0.05, 0) is 38.9 Å². The first-order chi connectivity index (χ1) is 10.2. The Labute approximate surface area is 141 Å². The molecule has 0 bridgehead atoms. The highest BCUT2D eigenvalue weighted by Crippen LogP contribution is 2.41. The molecule has 0 saturated carbocycles. The van der Waals surface area contributed by atoms with E-state index in [1.54, 1.807) is 26.8 Å². The summed E-state index contributed by atoms with van der Waals surface area (Å²) in [5.41, 5.74) is -0.596. The summed E-state index contributed by atoms with van der Waals surface area (Å²) in [5.74, 6) is 0. The molecule has 1 amide bonds. The lowest BCUT2D eigenvalue weighted by Gasteiger charge is -2.38. The van der Waals surface area contributed by atoms with Crippen LogP contribution in [0.4, 0.5) is 4.79 Å². The molecule has 0 aliphatic carbocycles. The van der Waals surface area contributed by atoms with E-state index < -0.39 is 26.1 Å². The van der Waals surface area contributed by atoms with Crippen molar-refractivity contribution < 1.29 is 18.8 Å². The lowest BCUT2D eigenvalue weighted by Crippen LogP contribution is -2.45. The molecule has 132 valence electrons. The average molecular weight is 342 g/mol. The number of carbonyl (C=O) groups is 2. The molecule has 5 nitrogen and oxygen atoms in total. The molecule has 3 atom stereocenters. The second kappa shape index (κ2) is 6.40. The Kier molecular flexibility index (Phi) is 5.53. The van der Waals surface area contributed by atoms with Crippen LogP contribution in [0, 0.1) is 0 Å². The SMILES string of the molecule is C=C[C@H](O[Si](C)(C)C(C)(C)C)[C@@H]1[C@H](C=O)N1C(=O)OC(C)(C)C. The smallest absolute Gasteiger partial charge is 0.411 e. The van der Waals surface area contributed by atoms with Gasteiger partial charge in [0, 0.05) is 0 Å². The number of ether oxygens (including phenoxy) is 1. The summed E-state index contributed by atoms with van der Waals surface area (Å²) >= 11 is 0. The predicted octanol–water partition coefficient (Wildman–Crippen LogP) is 3.75. The van der Waals surface area contributed by atoms with Crippen LogP contribution >= 0.6 is 0 Å². The highest BCUT2D eigenvalue weighted by Gasteiger charge is 2.57. The zero-order chi connectivity index (χ0) is 18.2. The molecule has 1 aliphatic heterocycles. The first-order valence-electron chi connectivity index (χ1n) is 8.02. The molecule has 0 aromatic heterocycles. The van der Waals surface area contributed by atoms with Crippen molar-refractivity contribution >= 4 is 20.7 Å².